The minimum Gasteiger partial charge on any atom is -0.455 e. The average molecular weight is 981 g/mol. The summed E-state index contributed by atoms with van der Waals surface area (Å²) in [6, 6.07) is 70.5. The highest BCUT2D eigenvalue weighted by Gasteiger charge is 2.49. The van der Waals surface area contributed by atoms with Crippen molar-refractivity contribution in [3.63, 3.8) is 0 Å². The van der Waals surface area contributed by atoms with Gasteiger partial charge >= 0.3 is 0 Å². The number of benzene rings is 10. The van der Waals surface area contributed by atoms with Crippen LogP contribution in [-0.2, 0) is 29.1 Å². The zero-order valence-electron chi connectivity index (χ0n) is 44.7. The van der Waals surface area contributed by atoms with Gasteiger partial charge < -0.3 is 8.83 Å². The Hall–Kier alpha value is -8.20. The van der Waals surface area contributed by atoms with Crippen LogP contribution in [0.15, 0.2) is 197 Å². The summed E-state index contributed by atoms with van der Waals surface area (Å²) in [7, 11) is 0. The zero-order chi connectivity index (χ0) is 51.6. The van der Waals surface area contributed by atoms with Gasteiger partial charge in [0.15, 0.2) is 0 Å². The van der Waals surface area contributed by atoms with E-state index in [0.29, 0.717) is 0 Å². The fourth-order valence-electron chi connectivity index (χ4n) is 14.9. The molecule has 0 radical (unpaired) electrons. The number of para-hydroxylation sites is 2. The van der Waals surface area contributed by atoms with Gasteiger partial charge in [-0.05, 0) is 145 Å². The maximum Gasteiger partial charge on any atom is 0.144 e. The Bertz CT molecular complexity index is 4430. The minimum atomic E-state index is -0.262. The normalized spacial score (nSPS) is 15.5. The summed E-state index contributed by atoms with van der Waals surface area (Å²) in [5.41, 5.74) is 30.9. The Morgan fingerprint density at radius 1 is 0.368 bits per heavy atom. The number of hydrogen-bond donors (Lipinski definition) is 0. The lowest BCUT2D eigenvalue weighted by Gasteiger charge is -2.31. The molecular weight excluding hydrogens is 921 g/mol. The molecule has 2 heterocycles. The highest BCUT2D eigenvalue weighted by atomic mass is 16.3. The van der Waals surface area contributed by atoms with Crippen LogP contribution in [0.5, 0.6) is 0 Å². The molecule has 0 fully saturated rings. The summed E-state index contributed by atoms with van der Waals surface area (Å²) in [5, 5.41) is 4.82. The van der Waals surface area contributed by atoms with Gasteiger partial charge in [0.1, 0.15) is 22.3 Å². The first-order valence-electron chi connectivity index (χ1n) is 27.4. The number of fused-ring (bicyclic) bond motifs is 19. The number of furan rings is 2. The number of aryl methyl sites for hydroxylation is 2. The summed E-state index contributed by atoms with van der Waals surface area (Å²) in [4.78, 5) is 0. The molecule has 1 atom stereocenters. The molecule has 0 bridgehead atoms. The molecule has 0 saturated heterocycles. The van der Waals surface area contributed by atoms with E-state index < -0.39 is 0 Å². The largest absolute Gasteiger partial charge is 0.455 e. The van der Waals surface area contributed by atoms with E-state index in [0.717, 1.165) is 46.1 Å². The molecule has 0 N–H and O–H groups in total. The third kappa shape index (κ3) is 6.28. The van der Waals surface area contributed by atoms with Gasteiger partial charge in [-0.1, -0.05) is 223 Å². The van der Waals surface area contributed by atoms with E-state index in [1.807, 2.05) is 0 Å². The van der Waals surface area contributed by atoms with Gasteiger partial charge in [0.05, 0.1) is 0 Å². The molecule has 15 rings (SSSR count). The van der Waals surface area contributed by atoms with Crippen LogP contribution in [0.2, 0.25) is 0 Å². The van der Waals surface area contributed by atoms with Gasteiger partial charge in [-0.2, -0.15) is 0 Å². The molecule has 1 unspecified atom stereocenters. The van der Waals surface area contributed by atoms with Gasteiger partial charge in [-0.15, -0.1) is 0 Å². The Kier molecular flexibility index (Phi) is 9.47. The van der Waals surface area contributed by atoms with Crippen molar-refractivity contribution in [3.8, 4) is 55.6 Å². The smallest absolute Gasteiger partial charge is 0.144 e. The quantitative estimate of drug-likeness (QED) is 0.159. The Morgan fingerprint density at radius 2 is 0.868 bits per heavy atom. The minimum absolute atomic E-state index is 0.195. The first-order chi connectivity index (χ1) is 36.8. The first-order valence-corrected chi connectivity index (χ1v) is 27.4. The fourth-order valence-corrected chi connectivity index (χ4v) is 14.9. The summed E-state index contributed by atoms with van der Waals surface area (Å²) < 4.78 is 14.0. The lowest BCUT2D eigenvalue weighted by Crippen LogP contribution is -2.24. The van der Waals surface area contributed by atoms with Gasteiger partial charge in [0.25, 0.3) is 0 Å². The van der Waals surface area contributed by atoms with E-state index in [-0.39, 0.29) is 22.2 Å². The molecule has 10 aromatic carbocycles. The predicted octanol–water partition coefficient (Wildman–Crippen LogP) is 19.9. The standard InChI is InChI=1S/C74H60O2/c1-42-34-43(2)36-47(35-42)48(38-45-31-33-53-59(40-45)74(7,8)68-64(53)66-55-26-16-19-29-62(55)76-71(66)67-51-24-14-17-27-57(51)73(5,6)69(67)68)37-44-30-32-52-58(39-44)72(3,4)60-41-56(50-23-13-12-22-49(50)46-20-10-9-11-21-46)70-65(63(52)60)54-25-15-18-28-61(54)75-70/h9-36,39-41,48H,37-38H2,1-8H3. The SMILES string of the molecule is Cc1cc(C)cc(C(Cc2ccc3c(c2)C(C)(C)c2cc(-c4ccccc4-c4ccccc4)c4oc5ccccc5c4c2-3)Cc2ccc3c(c2)C(C)(C)c2c4c(c5oc6ccccc6c5c2-3)-c2ccccc2C4(C)C)c1. The summed E-state index contributed by atoms with van der Waals surface area (Å²) in [6.07, 6.45) is 1.85. The summed E-state index contributed by atoms with van der Waals surface area (Å²) in [5.74, 6) is 0.251. The molecule has 76 heavy (non-hydrogen) atoms. The van der Waals surface area contributed by atoms with Crippen LogP contribution < -0.4 is 0 Å². The van der Waals surface area contributed by atoms with Gasteiger partial charge in [-0.3, -0.25) is 0 Å². The van der Waals surface area contributed by atoms with Crippen LogP contribution in [0.3, 0.4) is 0 Å². The third-order valence-electron chi connectivity index (χ3n) is 18.3. The van der Waals surface area contributed by atoms with Crippen LogP contribution >= 0.6 is 0 Å². The van der Waals surface area contributed by atoms with Crippen molar-refractivity contribution in [2.45, 2.75) is 90.4 Å². The van der Waals surface area contributed by atoms with Gasteiger partial charge in [0.2, 0.25) is 0 Å². The van der Waals surface area contributed by atoms with Crippen molar-refractivity contribution in [1.29, 1.82) is 0 Å². The van der Waals surface area contributed by atoms with Crippen LogP contribution in [0.4, 0.5) is 0 Å². The van der Waals surface area contributed by atoms with Gasteiger partial charge in [0, 0.05) is 48.9 Å². The molecule has 3 aliphatic carbocycles. The second-order valence-corrected chi connectivity index (χ2v) is 24.1. The highest BCUT2D eigenvalue weighted by molar-refractivity contribution is 6.21. The highest BCUT2D eigenvalue weighted by Crippen LogP contribution is 2.63. The fraction of sp³-hybridized carbons (Fsp3) is 0.189. The maximum atomic E-state index is 6.98. The van der Waals surface area contributed by atoms with Crippen LogP contribution in [0.25, 0.3) is 99.5 Å². The molecular formula is C74H60O2. The average Bonchev–Trinajstić information content (AvgIpc) is 4.19. The second-order valence-electron chi connectivity index (χ2n) is 24.1. The Labute approximate surface area is 445 Å². The van der Waals surface area contributed by atoms with E-state index in [2.05, 4.69) is 243 Å². The zero-order valence-corrected chi connectivity index (χ0v) is 44.7. The van der Waals surface area contributed by atoms with Crippen molar-refractivity contribution in [2.24, 2.45) is 0 Å². The lowest BCUT2D eigenvalue weighted by molar-refractivity contribution is 0.599. The summed E-state index contributed by atoms with van der Waals surface area (Å²) >= 11 is 0. The van der Waals surface area contributed by atoms with Crippen molar-refractivity contribution in [2.75, 3.05) is 0 Å². The van der Waals surface area contributed by atoms with Crippen molar-refractivity contribution in [3.05, 3.63) is 249 Å². The topological polar surface area (TPSA) is 26.3 Å². The lowest BCUT2D eigenvalue weighted by atomic mass is 9.72. The van der Waals surface area contributed by atoms with Crippen molar-refractivity contribution < 1.29 is 8.83 Å². The van der Waals surface area contributed by atoms with Gasteiger partial charge in [-0.25, -0.2) is 0 Å². The van der Waals surface area contributed by atoms with Crippen LogP contribution in [0, 0.1) is 13.8 Å². The van der Waals surface area contributed by atoms with E-state index in [1.165, 1.54) is 127 Å². The van der Waals surface area contributed by atoms with Crippen LogP contribution in [0.1, 0.15) is 109 Å². The third-order valence-corrected chi connectivity index (χ3v) is 18.3. The summed E-state index contributed by atoms with van der Waals surface area (Å²) in [6.45, 7) is 19.2. The van der Waals surface area contributed by atoms with Crippen molar-refractivity contribution >= 4 is 43.9 Å². The molecule has 0 aliphatic heterocycles. The number of rotatable bonds is 7. The Balaban J connectivity index is 0.853. The molecule has 2 heteroatoms. The molecule has 2 aromatic heterocycles. The van der Waals surface area contributed by atoms with Crippen molar-refractivity contribution in [1.82, 2.24) is 0 Å². The van der Waals surface area contributed by atoms with Crippen LogP contribution in [-0.4, -0.2) is 0 Å². The van der Waals surface area contributed by atoms with E-state index in [4.69, 9.17) is 8.83 Å². The predicted molar refractivity (Wildman–Crippen MR) is 317 cm³/mol. The van der Waals surface area contributed by atoms with E-state index >= 15 is 0 Å². The molecule has 368 valence electrons. The maximum absolute atomic E-state index is 6.98. The van der Waals surface area contributed by atoms with E-state index in [9.17, 15) is 0 Å². The molecule has 3 aliphatic rings. The first kappa shape index (κ1) is 45.2. The number of hydrogen-bond acceptors (Lipinski definition) is 2. The molecule has 0 saturated carbocycles. The molecule has 12 aromatic rings. The molecule has 0 amide bonds. The second kappa shape index (κ2) is 15.9. The van der Waals surface area contributed by atoms with E-state index in [1.54, 1.807) is 0 Å². The monoisotopic (exact) mass is 980 g/mol. The Morgan fingerprint density at radius 3 is 1.54 bits per heavy atom. The molecule has 0 spiro atoms. The molecule has 2 nitrogen and oxygen atoms in total.